The van der Waals surface area contributed by atoms with Gasteiger partial charge in [-0.15, -0.1) is 0 Å². The second-order valence-electron chi connectivity index (χ2n) is 4.19. The van der Waals surface area contributed by atoms with Crippen molar-refractivity contribution in [3.8, 4) is 0 Å². The van der Waals surface area contributed by atoms with E-state index in [1.807, 2.05) is 0 Å². The van der Waals surface area contributed by atoms with Gasteiger partial charge in [0.15, 0.2) is 16.0 Å². The van der Waals surface area contributed by atoms with E-state index >= 15 is 0 Å². The molecular weight excluding hydrogens is 318 g/mol. The van der Waals surface area contributed by atoms with Crippen LogP contribution in [0.3, 0.4) is 0 Å². The highest BCUT2D eigenvalue weighted by Crippen LogP contribution is 2.22. The van der Waals surface area contributed by atoms with Gasteiger partial charge >= 0.3 is 0 Å². The molecule has 0 fully saturated rings. The number of imidazole rings is 1. The standard InChI is InChI=1S/C11H10ClN5O3S/c1-7-14-8(16-20-7)6-13-21(18,19)11-10(12)15-9-4-2-3-5-17(9)11/h2-5,13H,6H2,1H3. The summed E-state index contributed by atoms with van der Waals surface area (Å²) >= 11 is 5.94. The van der Waals surface area contributed by atoms with Gasteiger partial charge in [0.25, 0.3) is 10.0 Å². The van der Waals surface area contributed by atoms with Crippen molar-refractivity contribution in [1.82, 2.24) is 24.2 Å². The average molecular weight is 328 g/mol. The minimum atomic E-state index is -3.87. The number of sulfonamides is 1. The zero-order valence-corrected chi connectivity index (χ0v) is 12.4. The van der Waals surface area contributed by atoms with Gasteiger partial charge in [-0.25, -0.2) is 18.1 Å². The molecule has 0 radical (unpaired) electrons. The highest BCUT2D eigenvalue weighted by molar-refractivity contribution is 7.89. The van der Waals surface area contributed by atoms with E-state index in [-0.39, 0.29) is 22.5 Å². The minimum Gasteiger partial charge on any atom is -0.340 e. The van der Waals surface area contributed by atoms with Crippen molar-refractivity contribution in [1.29, 1.82) is 0 Å². The van der Waals surface area contributed by atoms with Gasteiger partial charge in [-0.05, 0) is 12.1 Å². The first-order valence-corrected chi connectivity index (χ1v) is 7.75. The van der Waals surface area contributed by atoms with Crippen LogP contribution in [-0.2, 0) is 16.6 Å². The SMILES string of the molecule is Cc1nc(CNS(=O)(=O)c2c(Cl)nc3ccccn23)no1. The summed E-state index contributed by atoms with van der Waals surface area (Å²) in [6.07, 6.45) is 1.57. The third kappa shape index (κ3) is 2.62. The van der Waals surface area contributed by atoms with Crippen molar-refractivity contribution in [2.45, 2.75) is 18.5 Å². The molecule has 10 heteroatoms. The minimum absolute atomic E-state index is 0.0991. The van der Waals surface area contributed by atoms with E-state index in [0.29, 0.717) is 11.5 Å². The smallest absolute Gasteiger partial charge is 0.260 e. The Balaban J connectivity index is 1.95. The van der Waals surface area contributed by atoms with Gasteiger partial charge < -0.3 is 4.52 Å². The molecule has 8 nitrogen and oxygen atoms in total. The molecule has 0 bridgehead atoms. The van der Waals surface area contributed by atoms with Crippen molar-refractivity contribution in [2.24, 2.45) is 0 Å². The summed E-state index contributed by atoms with van der Waals surface area (Å²) in [4.78, 5) is 7.92. The summed E-state index contributed by atoms with van der Waals surface area (Å²) in [6, 6.07) is 5.09. The van der Waals surface area contributed by atoms with E-state index in [9.17, 15) is 8.42 Å². The molecule has 3 aromatic rings. The molecule has 110 valence electrons. The molecular formula is C11H10ClN5O3S. The number of hydrogen-bond acceptors (Lipinski definition) is 6. The zero-order chi connectivity index (χ0) is 15.0. The van der Waals surface area contributed by atoms with Crippen molar-refractivity contribution in [3.05, 3.63) is 41.3 Å². The van der Waals surface area contributed by atoms with Crippen LogP contribution in [0.1, 0.15) is 11.7 Å². The second kappa shape index (κ2) is 5.10. The summed E-state index contributed by atoms with van der Waals surface area (Å²) < 4.78 is 33.3. The van der Waals surface area contributed by atoms with Crippen LogP contribution in [0.2, 0.25) is 5.15 Å². The van der Waals surface area contributed by atoms with E-state index < -0.39 is 10.0 Å². The van der Waals surface area contributed by atoms with Crippen molar-refractivity contribution in [2.75, 3.05) is 0 Å². The third-order valence-corrected chi connectivity index (χ3v) is 4.49. The van der Waals surface area contributed by atoms with Crippen LogP contribution in [-0.4, -0.2) is 27.9 Å². The number of pyridine rings is 1. The highest BCUT2D eigenvalue weighted by Gasteiger charge is 2.24. The quantitative estimate of drug-likeness (QED) is 0.771. The lowest BCUT2D eigenvalue weighted by atomic mass is 10.5. The van der Waals surface area contributed by atoms with E-state index in [2.05, 4.69) is 19.8 Å². The Morgan fingerprint density at radius 1 is 1.38 bits per heavy atom. The maximum absolute atomic E-state index is 12.4. The molecule has 0 amide bonds. The topological polar surface area (TPSA) is 102 Å². The summed E-state index contributed by atoms with van der Waals surface area (Å²) in [5.74, 6) is 0.595. The van der Waals surface area contributed by atoms with Gasteiger partial charge in [-0.2, -0.15) is 4.98 Å². The number of hydrogen-bond donors (Lipinski definition) is 1. The fourth-order valence-electron chi connectivity index (χ4n) is 1.83. The number of rotatable bonds is 4. The van der Waals surface area contributed by atoms with Crippen LogP contribution in [0.5, 0.6) is 0 Å². The first kappa shape index (κ1) is 14.0. The van der Waals surface area contributed by atoms with E-state index in [4.69, 9.17) is 16.1 Å². The van der Waals surface area contributed by atoms with Crippen molar-refractivity contribution >= 4 is 27.3 Å². The van der Waals surface area contributed by atoms with Crippen molar-refractivity contribution < 1.29 is 12.9 Å². The van der Waals surface area contributed by atoms with Crippen LogP contribution < -0.4 is 4.72 Å². The Hall–Kier alpha value is -1.97. The molecule has 0 aromatic carbocycles. The summed E-state index contributed by atoms with van der Waals surface area (Å²) in [5, 5.41) is 3.39. The molecule has 0 atom stereocenters. The fraction of sp³-hybridized carbons (Fsp3) is 0.182. The molecule has 1 N–H and O–H groups in total. The summed E-state index contributed by atoms with van der Waals surface area (Å²) in [7, 11) is -3.87. The van der Waals surface area contributed by atoms with Gasteiger partial charge in [0, 0.05) is 13.1 Å². The predicted octanol–water partition coefficient (Wildman–Crippen LogP) is 1.16. The first-order chi connectivity index (χ1) is 9.97. The molecule has 0 aliphatic rings. The molecule has 0 spiro atoms. The maximum atomic E-state index is 12.4. The Labute approximate surface area is 124 Å². The van der Waals surface area contributed by atoms with Crippen LogP contribution in [0.25, 0.3) is 5.65 Å². The largest absolute Gasteiger partial charge is 0.340 e. The second-order valence-corrected chi connectivity index (χ2v) is 6.23. The average Bonchev–Trinajstić information content (AvgIpc) is 2.99. The molecule has 21 heavy (non-hydrogen) atoms. The third-order valence-electron chi connectivity index (χ3n) is 2.69. The van der Waals surface area contributed by atoms with Gasteiger partial charge in [0.05, 0.1) is 6.54 Å². The van der Waals surface area contributed by atoms with Crippen molar-refractivity contribution in [3.63, 3.8) is 0 Å². The number of aromatic nitrogens is 4. The van der Waals surface area contributed by atoms with E-state index in [1.54, 1.807) is 31.3 Å². The number of nitrogens with one attached hydrogen (secondary N) is 1. The molecule has 3 aromatic heterocycles. The Bertz CT molecular complexity index is 902. The fourth-order valence-corrected chi connectivity index (χ4v) is 3.45. The monoisotopic (exact) mass is 327 g/mol. The normalized spacial score (nSPS) is 12.1. The lowest BCUT2D eigenvalue weighted by molar-refractivity contribution is 0.387. The number of nitrogens with zero attached hydrogens (tertiary/aromatic N) is 4. The molecule has 0 saturated carbocycles. The van der Waals surface area contributed by atoms with Crippen LogP contribution in [0.4, 0.5) is 0 Å². The van der Waals surface area contributed by atoms with Crippen LogP contribution in [0, 0.1) is 6.92 Å². The van der Waals surface area contributed by atoms with E-state index in [1.165, 1.54) is 4.40 Å². The Kier molecular flexibility index (Phi) is 3.40. The Morgan fingerprint density at radius 2 is 2.19 bits per heavy atom. The number of aryl methyl sites for hydroxylation is 1. The van der Waals surface area contributed by atoms with Crippen LogP contribution in [0.15, 0.2) is 33.9 Å². The molecule has 0 aliphatic heterocycles. The molecule has 0 aliphatic carbocycles. The lowest BCUT2D eigenvalue weighted by Crippen LogP contribution is -2.25. The van der Waals surface area contributed by atoms with Gasteiger partial charge in [0.1, 0.15) is 5.65 Å². The molecule has 0 saturated heterocycles. The van der Waals surface area contributed by atoms with Crippen LogP contribution >= 0.6 is 11.6 Å². The summed E-state index contributed by atoms with van der Waals surface area (Å²) in [5.41, 5.74) is 0.443. The first-order valence-electron chi connectivity index (χ1n) is 5.89. The predicted molar refractivity (Wildman–Crippen MR) is 73.3 cm³/mol. The summed E-state index contributed by atoms with van der Waals surface area (Å²) in [6.45, 7) is 1.52. The zero-order valence-electron chi connectivity index (χ0n) is 10.8. The number of fused-ring (bicyclic) bond motifs is 1. The van der Waals surface area contributed by atoms with Gasteiger partial charge in [-0.1, -0.05) is 22.8 Å². The maximum Gasteiger partial charge on any atom is 0.260 e. The van der Waals surface area contributed by atoms with Gasteiger partial charge in [0.2, 0.25) is 5.89 Å². The molecule has 3 heterocycles. The molecule has 3 rings (SSSR count). The number of halogens is 1. The lowest BCUT2D eigenvalue weighted by Gasteiger charge is -2.04. The molecule has 0 unspecified atom stereocenters. The van der Waals surface area contributed by atoms with Gasteiger partial charge in [-0.3, -0.25) is 4.40 Å². The highest BCUT2D eigenvalue weighted by atomic mass is 35.5. The Morgan fingerprint density at radius 3 is 2.90 bits per heavy atom. The van der Waals surface area contributed by atoms with E-state index in [0.717, 1.165) is 0 Å².